The van der Waals surface area contributed by atoms with Gasteiger partial charge in [0.25, 0.3) is 17.4 Å². The van der Waals surface area contributed by atoms with Crippen LogP contribution in [-0.2, 0) is 0 Å². The van der Waals surface area contributed by atoms with Crippen molar-refractivity contribution in [3.63, 3.8) is 0 Å². The molecule has 2 aromatic carbocycles. The molecule has 3 heterocycles. The number of carbonyl (C=O) groups excluding carboxylic acids is 2. The Morgan fingerprint density at radius 3 is 2.46 bits per heavy atom. The molecule has 0 spiro atoms. The van der Waals surface area contributed by atoms with Gasteiger partial charge in [-0.2, -0.15) is 0 Å². The number of halogens is 1. The lowest BCUT2D eigenvalue weighted by Crippen LogP contribution is -2.29. The smallest absolute Gasteiger partial charge is 0.270 e. The van der Waals surface area contributed by atoms with E-state index in [0.717, 1.165) is 4.57 Å². The SMILES string of the molecule is CCNC(=O)c1cc(Oc2ccc(NC(=O)c3cc4cccnc4n(-c4ccccc4F)c3=O)cc2)ccn1. The van der Waals surface area contributed by atoms with E-state index in [-0.39, 0.29) is 28.5 Å². The third kappa shape index (κ3) is 5.35. The van der Waals surface area contributed by atoms with Gasteiger partial charge in [0.05, 0.1) is 5.69 Å². The third-order valence-corrected chi connectivity index (χ3v) is 5.75. The second-order valence-electron chi connectivity index (χ2n) is 8.38. The topological polar surface area (TPSA) is 115 Å². The summed E-state index contributed by atoms with van der Waals surface area (Å²) in [5.74, 6) is -0.710. The molecule has 3 aromatic heterocycles. The molecule has 0 aliphatic heterocycles. The van der Waals surface area contributed by atoms with E-state index in [1.807, 2.05) is 6.92 Å². The zero-order valence-corrected chi connectivity index (χ0v) is 20.7. The molecule has 0 aliphatic rings. The van der Waals surface area contributed by atoms with Crippen molar-refractivity contribution in [2.24, 2.45) is 0 Å². The normalized spacial score (nSPS) is 10.7. The minimum absolute atomic E-state index is 0.00574. The van der Waals surface area contributed by atoms with Gasteiger partial charge in [-0.25, -0.2) is 9.37 Å². The molecule has 0 atom stereocenters. The van der Waals surface area contributed by atoms with Crippen LogP contribution in [0.3, 0.4) is 0 Å². The number of ether oxygens (including phenoxy) is 1. The van der Waals surface area contributed by atoms with Crippen molar-refractivity contribution in [3.05, 3.63) is 119 Å². The first-order valence-electron chi connectivity index (χ1n) is 12.0. The van der Waals surface area contributed by atoms with Gasteiger partial charge in [0.1, 0.15) is 34.2 Å². The van der Waals surface area contributed by atoms with Crippen LogP contribution < -0.4 is 20.9 Å². The average molecular weight is 524 g/mol. The van der Waals surface area contributed by atoms with Gasteiger partial charge in [-0.3, -0.25) is 23.9 Å². The minimum Gasteiger partial charge on any atom is -0.457 e. The predicted octanol–water partition coefficient (Wildman–Crippen LogP) is 4.71. The summed E-state index contributed by atoms with van der Waals surface area (Å²) in [4.78, 5) is 46.8. The van der Waals surface area contributed by atoms with Gasteiger partial charge >= 0.3 is 0 Å². The Bertz CT molecular complexity index is 1750. The second-order valence-corrected chi connectivity index (χ2v) is 8.38. The summed E-state index contributed by atoms with van der Waals surface area (Å²) >= 11 is 0. The number of benzene rings is 2. The first-order chi connectivity index (χ1) is 18.9. The van der Waals surface area contributed by atoms with Gasteiger partial charge in [0.15, 0.2) is 0 Å². The number of para-hydroxylation sites is 1. The summed E-state index contributed by atoms with van der Waals surface area (Å²) in [5.41, 5.74) is -0.0120. The Hall–Kier alpha value is -5.38. The zero-order chi connectivity index (χ0) is 27.4. The fourth-order valence-electron chi connectivity index (χ4n) is 3.95. The number of pyridine rings is 3. The maximum absolute atomic E-state index is 14.6. The number of nitrogens with zero attached hydrogens (tertiary/aromatic N) is 3. The van der Waals surface area contributed by atoms with Crippen LogP contribution in [0.5, 0.6) is 11.5 Å². The summed E-state index contributed by atoms with van der Waals surface area (Å²) in [5, 5.41) is 5.88. The van der Waals surface area contributed by atoms with Crippen molar-refractivity contribution in [1.29, 1.82) is 0 Å². The quantitative estimate of drug-likeness (QED) is 0.319. The molecule has 0 saturated heterocycles. The van der Waals surface area contributed by atoms with Gasteiger partial charge in [0.2, 0.25) is 0 Å². The molecule has 10 heteroatoms. The highest BCUT2D eigenvalue weighted by Crippen LogP contribution is 2.24. The molecule has 0 saturated carbocycles. The van der Waals surface area contributed by atoms with Gasteiger partial charge in [-0.1, -0.05) is 12.1 Å². The van der Waals surface area contributed by atoms with E-state index < -0.39 is 17.3 Å². The molecule has 39 heavy (non-hydrogen) atoms. The molecule has 0 unspecified atom stereocenters. The number of nitrogens with one attached hydrogen (secondary N) is 2. The zero-order valence-electron chi connectivity index (χ0n) is 20.7. The molecular formula is C29H22FN5O4. The third-order valence-electron chi connectivity index (χ3n) is 5.75. The largest absolute Gasteiger partial charge is 0.457 e. The summed E-state index contributed by atoms with van der Waals surface area (Å²) in [7, 11) is 0. The highest BCUT2D eigenvalue weighted by atomic mass is 19.1. The molecule has 2 amide bonds. The highest BCUT2D eigenvalue weighted by Gasteiger charge is 2.19. The molecule has 0 bridgehead atoms. The van der Waals surface area contributed by atoms with Crippen LogP contribution in [0.2, 0.25) is 0 Å². The van der Waals surface area contributed by atoms with E-state index in [9.17, 15) is 18.8 Å². The van der Waals surface area contributed by atoms with Crippen LogP contribution in [0.4, 0.5) is 10.1 Å². The lowest BCUT2D eigenvalue weighted by atomic mass is 10.1. The number of fused-ring (bicyclic) bond motifs is 1. The number of carbonyl (C=O) groups is 2. The van der Waals surface area contributed by atoms with E-state index in [2.05, 4.69) is 20.6 Å². The lowest BCUT2D eigenvalue weighted by molar-refractivity contribution is 0.0949. The molecule has 9 nitrogen and oxygen atoms in total. The molecule has 5 aromatic rings. The monoisotopic (exact) mass is 523 g/mol. The van der Waals surface area contributed by atoms with Crippen molar-refractivity contribution in [1.82, 2.24) is 19.9 Å². The molecule has 0 aliphatic carbocycles. The maximum atomic E-state index is 14.6. The van der Waals surface area contributed by atoms with Crippen molar-refractivity contribution >= 4 is 28.5 Å². The van der Waals surface area contributed by atoms with E-state index in [1.165, 1.54) is 42.7 Å². The van der Waals surface area contributed by atoms with E-state index in [4.69, 9.17) is 4.74 Å². The van der Waals surface area contributed by atoms with Crippen LogP contribution >= 0.6 is 0 Å². The average Bonchev–Trinajstić information content (AvgIpc) is 2.95. The van der Waals surface area contributed by atoms with Crippen molar-refractivity contribution in [2.75, 3.05) is 11.9 Å². The Morgan fingerprint density at radius 2 is 1.69 bits per heavy atom. The number of amides is 2. The van der Waals surface area contributed by atoms with Gasteiger partial charge in [-0.15, -0.1) is 0 Å². The van der Waals surface area contributed by atoms with Crippen molar-refractivity contribution < 1.29 is 18.7 Å². The molecule has 5 rings (SSSR count). The van der Waals surface area contributed by atoms with Crippen LogP contribution in [0.15, 0.2) is 96.1 Å². The van der Waals surface area contributed by atoms with E-state index in [1.54, 1.807) is 48.5 Å². The minimum atomic E-state index is -0.704. The molecule has 2 N–H and O–H groups in total. The highest BCUT2D eigenvalue weighted by molar-refractivity contribution is 6.05. The number of hydrogen-bond acceptors (Lipinski definition) is 6. The summed E-state index contributed by atoms with van der Waals surface area (Å²) in [6, 6.07) is 20.2. The number of anilines is 1. The molecular weight excluding hydrogens is 501 g/mol. The number of aromatic nitrogens is 3. The first-order valence-corrected chi connectivity index (χ1v) is 12.0. The van der Waals surface area contributed by atoms with Crippen molar-refractivity contribution in [3.8, 4) is 17.2 Å². The Labute approximate surface area is 221 Å². The molecule has 0 radical (unpaired) electrons. The predicted molar refractivity (Wildman–Crippen MR) is 144 cm³/mol. The van der Waals surface area contributed by atoms with E-state index in [0.29, 0.717) is 29.1 Å². The Morgan fingerprint density at radius 1 is 0.897 bits per heavy atom. The van der Waals surface area contributed by atoms with Gasteiger partial charge in [-0.05, 0) is 67.6 Å². The van der Waals surface area contributed by atoms with Crippen LogP contribution in [0.25, 0.3) is 16.7 Å². The van der Waals surface area contributed by atoms with Crippen LogP contribution in [0.1, 0.15) is 27.8 Å². The Kier molecular flexibility index (Phi) is 7.09. The standard InChI is InChI=1S/C29H22FN5O4/c1-2-31-28(37)24-17-21(13-15-32-24)39-20-11-9-19(10-12-20)34-27(36)22-16-18-6-5-14-33-26(18)35(29(22)38)25-8-4-3-7-23(25)30/h3-17H,2H2,1H3,(H,31,37)(H,34,36). The second kappa shape index (κ2) is 10.9. The fourth-order valence-corrected chi connectivity index (χ4v) is 3.95. The van der Waals surface area contributed by atoms with E-state index >= 15 is 0 Å². The number of hydrogen-bond donors (Lipinski definition) is 2. The van der Waals surface area contributed by atoms with Crippen LogP contribution in [0, 0.1) is 5.82 Å². The molecule has 0 fully saturated rings. The van der Waals surface area contributed by atoms with Gasteiger partial charge in [0, 0.05) is 36.1 Å². The van der Waals surface area contributed by atoms with Crippen LogP contribution in [-0.4, -0.2) is 32.9 Å². The summed E-state index contributed by atoms with van der Waals surface area (Å²) < 4.78 is 21.5. The maximum Gasteiger partial charge on any atom is 0.270 e. The van der Waals surface area contributed by atoms with Gasteiger partial charge < -0.3 is 15.4 Å². The lowest BCUT2D eigenvalue weighted by Gasteiger charge is -2.13. The molecule has 194 valence electrons. The summed E-state index contributed by atoms with van der Waals surface area (Å²) in [6.45, 7) is 2.29. The summed E-state index contributed by atoms with van der Waals surface area (Å²) in [6.07, 6.45) is 2.97. The fraction of sp³-hybridized carbons (Fsp3) is 0.0690. The Balaban J connectivity index is 1.39. The first kappa shape index (κ1) is 25.3. The number of rotatable bonds is 7. The van der Waals surface area contributed by atoms with Crippen molar-refractivity contribution in [2.45, 2.75) is 6.92 Å².